The van der Waals surface area contributed by atoms with Crippen LogP contribution in [0.25, 0.3) is 0 Å². The van der Waals surface area contributed by atoms with Gasteiger partial charge in [0.05, 0.1) is 13.0 Å². The van der Waals surface area contributed by atoms with Crippen LogP contribution in [-0.2, 0) is 20.9 Å². The fourth-order valence-electron chi connectivity index (χ4n) is 2.28. The maximum Gasteiger partial charge on any atom is 0.308 e. The number of carbonyl (C=O) groups is 3. The number of carbonyl (C=O) groups excluding carboxylic acids is 3. The number of anilines is 1. The van der Waals surface area contributed by atoms with Crippen LogP contribution in [0.4, 0.5) is 5.69 Å². The Morgan fingerprint density at radius 3 is 2.44 bits per heavy atom. The minimum absolute atomic E-state index is 0.120. The van der Waals surface area contributed by atoms with Crippen molar-refractivity contribution in [2.24, 2.45) is 0 Å². The Kier molecular flexibility index (Phi) is 7.51. The third kappa shape index (κ3) is 6.91. The van der Waals surface area contributed by atoms with E-state index in [1.165, 1.54) is 13.0 Å². The SMILES string of the molecule is COCCC(=O)Nc1ccc(CNC(=O)c2cccc(OC(C)=O)c2)cc1. The molecule has 0 spiro atoms. The highest BCUT2D eigenvalue weighted by atomic mass is 16.5. The molecule has 0 atom stereocenters. The average molecular weight is 370 g/mol. The summed E-state index contributed by atoms with van der Waals surface area (Å²) in [5, 5.41) is 5.57. The van der Waals surface area contributed by atoms with Gasteiger partial charge >= 0.3 is 5.97 Å². The van der Waals surface area contributed by atoms with Gasteiger partial charge in [0, 0.05) is 31.8 Å². The summed E-state index contributed by atoms with van der Waals surface area (Å²) in [6.45, 7) is 2.00. The second kappa shape index (κ2) is 10.1. The van der Waals surface area contributed by atoms with Crippen molar-refractivity contribution in [2.45, 2.75) is 19.9 Å². The van der Waals surface area contributed by atoms with Gasteiger partial charge in [-0.2, -0.15) is 0 Å². The predicted octanol–water partition coefficient (Wildman–Crippen LogP) is 2.52. The van der Waals surface area contributed by atoms with Gasteiger partial charge in [0.25, 0.3) is 5.91 Å². The molecule has 0 unspecified atom stereocenters. The van der Waals surface area contributed by atoms with Crippen molar-refractivity contribution in [2.75, 3.05) is 19.0 Å². The van der Waals surface area contributed by atoms with Crippen LogP contribution in [-0.4, -0.2) is 31.5 Å². The van der Waals surface area contributed by atoms with Crippen LogP contribution in [0.15, 0.2) is 48.5 Å². The largest absolute Gasteiger partial charge is 0.427 e. The van der Waals surface area contributed by atoms with Crippen molar-refractivity contribution in [3.05, 3.63) is 59.7 Å². The lowest BCUT2D eigenvalue weighted by atomic mass is 10.1. The van der Waals surface area contributed by atoms with Crippen LogP contribution in [0.5, 0.6) is 5.75 Å². The number of rotatable bonds is 8. The van der Waals surface area contributed by atoms with Crippen molar-refractivity contribution in [1.29, 1.82) is 0 Å². The lowest BCUT2D eigenvalue weighted by molar-refractivity contribution is -0.131. The predicted molar refractivity (Wildman–Crippen MR) is 100 cm³/mol. The topological polar surface area (TPSA) is 93.7 Å². The molecule has 0 bridgehead atoms. The zero-order chi connectivity index (χ0) is 19.6. The van der Waals surface area contributed by atoms with Crippen molar-refractivity contribution in [3.8, 4) is 5.75 Å². The Morgan fingerprint density at radius 1 is 1.04 bits per heavy atom. The van der Waals surface area contributed by atoms with Crippen LogP contribution >= 0.6 is 0 Å². The molecule has 0 radical (unpaired) electrons. The molecular weight excluding hydrogens is 348 g/mol. The minimum Gasteiger partial charge on any atom is -0.427 e. The molecule has 0 aromatic heterocycles. The first kappa shape index (κ1) is 20.1. The van der Waals surface area contributed by atoms with Gasteiger partial charge in [0.2, 0.25) is 5.91 Å². The monoisotopic (exact) mass is 370 g/mol. The van der Waals surface area contributed by atoms with Crippen molar-refractivity contribution >= 4 is 23.5 Å². The Balaban J connectivity index is 1.88. The third-order valence-corrected chi connectivity index (χ3v) is 3.58. The number of benzene rings is 2. The van der Waals surface area contributed by atoms with Gasteiger partial charge in [-0.05, 0) is 35.9 Å². The first-order valence-electron chi connectivity index (χ1n) is 8.42. The summed E-state index contributed by atoms with van der Waals surface area (Å²) in [5.41, 5.74) is 1.96. The van der Waals surface area contributed by atoms with Gasteiger partial charge in [0.15, 0.2) is 0 Å². The molecule has 2 aromatic rings. The Bertz CT molecular complexity index is 802. The van der Waals surface area contributed by atoms with Crippen LogP contribution < -0.4 is 15.4 Å². The molecule has 0 aliphatic rings. The van der Waals surface area contributed by atoms with Gasteiger partial charge in [-0.1, -0.05) is 18.2 Å². The summed E-state index contributed by atoms with van der Waals surface area (Å²) < 4.78 is 9.84. The Labute approximate surface area is 157 Å². The standard InChI is InChI=1S/C20H22N2O5/c1-14(23)27-18-5-3-4-16(12-18)20(25)21-13-15-6-8-17(9-7-15)22-19(24)10-11-26-2/h3-9,12H,10-11,13H2,1-2H3,(H,21,25)(H,22,24). The van der Waals surface area contributed by atoms with E-state index in [-0.39, 0.29) is 11.8 Å². The summed E-state index contributed by atoms with van der Waals surface area (Å²) in [6.07, 6.45) is 0.292. The summed E-state index contributed by atoms with van der Waals surface area (Å²) in [4.78, 5) is 34.9. The third-order valence-electron chi connectivity index (χ3n) is 3.58. The summed E-state index contributed by atoms with van der Waals surface area (Å²) in [5.74, 6) is -0.516. The van der Waals surface area contributed by atoms with Gasteiger partial charge < -0.3 is 20.1 Å². The Morgan fingerprint density at radius 2 is 1.78 bits per heavy atom. The smallest absolute Gasteiger partial charge is 0.308 e. The molecule has 0 fully saturated rings. The molecule has 0 aliphatic carbocycles. The van der Waals surface area contributed by atoms with Gasteiger partial charge in [-0.25, -0.2) is 0 Å². The fraction of sp³-hybridized carbons (Fsp3) is 0.250. The molecular formula is C20H22N2O5. The molecule has 7 nitrogen and oxygen atoms in total. The van der Waals surface area contributed by atoms with Crippen LogP contribution in [0.3, 0.4) is 0 Å². The molecule has 27 heavy (non-hydrogen) atoms. The van der Waals surface area contributed by atoms with Gasteiger partial charge in [-0.3, -0.25) is 14.4 Å². The normalized spacial score (nSPS) is 10.1. The average Bonchev–Trinajstić information content (AvgIpc) is 2.65. The molecule has 0 saturated heterocycles. The van der Waals surface area contributed by atoms with Gasteiger partial charge in [0.1, 0.15) is 5.75 Å². The molecule has 0 heterocycles. The second-order valence-corrected chi connectivity index (χ2v) is 5.79. The van der Waals surface area contributed by atoms with Crippen molar-refractivity contribution in [1.82, 2.24) is 5.32 Å². The van der Waals surface area contributed by atoms with Crippen molar-refractivity contribution in [3.63, 3.8) is 0 Å². The molecule has 2 amide bonds. The highest BCUT2D eigenvalue weighted by Gasteiger charge is 2.08. The molecule has 2 rings (SSSR count). The zero-order valence-electron chi connectivity index (χ0n) is 15.3. The Hall–Kier alpha value is -3.19. The second-order valence-electron chi connectivity index (χ2n) is 5.79. The van der Waals surface area contributed by atoms with E-state index in [4.69, 9.17) is 9.47 Å². The summed E-state index contributed by atoms with van der Waals surface area (Å²) in [6, 6.07) is 13.6. The van der Waals surface area contributed by atoms with Crippen LogP contribution in [0.2, 0.25) is 0 Å². The van der Waals surface area contributed by atoms with E-state index < -0.39 is 5.97 Å². The van der Waals surface area contributed by atoms with Gasteiger partial charge in [-0.15, -0.1) is 0 Å². The highest BCUT2D eigenvalue weighted by molar-refractivity contribution is 5.94. The zero-order valence-corrected chi connectivity index (χ0v) is 15.3. The molecule has 0 saturated carbocycles. The van der Waals surface area contributed by atoms with E-state index >= 15 is 0 Å². The summed E-state index contributed by atoms with van der Waals surface area (Å²) in [7, 11) is 1.54. The number of esters is 1. The number of ether oxygens (including phenoxy) is 2. The lowest BCUT2D eigenvalue weighted by Crippen LogP contribution is -2.22. The van der Waals surface area contributed by atoms with E-state index in [0.717, 1.165) is 5.56 Å². The first-order chi connectivity index (χ1) is 13.0. The van der Waals surface area contributed by atoms with E-state index in [0.29, 0.717) is 36.6 Å². The number of amides is 2. The van der Waals surface area contributed by atoms with Crippen molar-refractivity contribution < 1.29 is 23.9 Å². The minimum atomic E-state index is -0.443. The van der Waals surface area contributed by atoms with E-state index in [9.17, 15) is 14.4 Å². The molecule has 7 heteroatoms. The fourth-order valence-corrected chi connectivity index (χ4v) is 2.28. The number of nitrogens with one attached hydrogen (secondary N) is 2. The number of hydrogen-bond donors (Lipinski definition) is 2. The number of methoxy groups -OCH3 is 1. The maximum atomic E-state index is 12.2. The molecule has 0 aliphatic heterocycles. The highest BCUT2D eigenvalue weighted by Crippen LogP contribution is 2.14. The van der Waals surface area contributed by atoms with E-state index in [1.807, 2.05) is 12.1 Å². The van der Waals surface area contributed by atoms with Crippen LogP contribution in [0.1, 0.15) is 29.3 Å². The van der Waals surface area contributed by atoms with E-state index in [1.54, 1.807) is 37.4 Å². The molecule has 142 valence electrons. The summed E-state index contributed by atoms with van der Waals surface area (Å²) >= 11 is 0. The molecule has 2 aromatic carbocycles. The van der Waals surface area contributed by atoms with E-state index in [2.05, 4.69) is 10.6 Å². The quantitative estimate of drug-likeness (QED) is 0.550. The lowest BCUT2D eigenvalue weighted by Gasteiger charge is -2.09. The molecule has 2 N–H and O–H groups in total. The number of hydrogen-bond acceptors (Lipinski definition) is 5. The van der Waals surface area contributed by atoms with Crippen LogP contribution in [0, 0.1) is 0 Å². The first-order valence-corrected chi connectivity index (χ1v) is 8.42. The maximum absolute atomic E-state index is 12.2.